The number of benzene rings is 1. The smallest absolute Gasteiger partial charge is 0.229 e. The van der Waals surface area contributed by atoms with Gasteiger partial charge in [0.2, 0.25) is 5.91 Å². The third kappa shape index (κ3) is 2.91. The molecule has 3 rings (SSSR count). The average molecular weight is 288 g/mol. The van der Waals surface area contributed by atoms with Gasteiger partial charge < -0.3 is 15.4 Å². The Balaban J connectivity index is 1.63. The molecule has 1 aromatic carbocycles. The number of amides is 1. The second-order valence-electron chi connectivity index (χ2n) is 6.66. The summed E-state index contributed by atoms with van der Waals surface area (Å²) in [7, 11) is 0. The first kappa shape index (κ1) is 14.4. The number of likely N-dealkylation sites (tertiary alicyclic amines) is 1. The minimum atomic E-state index is -0.0397. The topological polar surface area (TPSA) is 55.6 Å². The number of para-hydroxylation sites is 1. The van der Waals surface area contributed by atoms with Crippen LogP contribution in [0.3, 0.4) is 0 Å². The molecule has 21 heavy (non-hydrogen) atoms. The maximum absolute atomic E-state index is 12.7. The molecule has 0 bridgehead atoms. The molecular formula is C17H24N2O2. The summed E-state index contributed by atoms with van der Waals surface area (Å²) < 4.78 is 5.74. The lowest BCUT2D eigenvalue weighted by molar-refractivity contribution is -0.139. The molecule has 1 fully saturated rings. The van der Waals surface area contributed by atoms with E-state index in [4.69, 9.17) is 10.5 Å². The molecule has 1 atom stereocenters. The Morgan fingerprint density at radius 3 is 2.81 bits per heavy atom. The van der Waals surface area contributed by atoms with Gasteiger partial charge in [0.05, 0.1) is 5.92 Å². The van der Waals surface area contributed by atoms with Crippen LogP contribution in [-0.2, 0) is 11.2 Å². The first-order chi connectivity index (χ1) is 10.1. The van der Waals surface area contributed by atoms with Crippen LogP contribution in [0.2, 0.25) is 0 Å². The van der Waals surface area contributed by atoms with Crippen LogP contribution in [0.5, 0.6) is 5.75 Å². The lowest BCUT2D eigenvalue weighted by Crippen LogP contribution is -2.48. The van der Waals surface area contributed by atoms with E-state index in [-0.39, 0.29) is 17.2 Å². The lowest BCUT2D eigenvalue weighted by Gasteiger charge is -2.40. The van der Waals surface area contributed by atoms with Crippen molar-refractivity contribution in [3.05, 3.63) is 29.8 Å². The minimum Gasteiger partial charge on any atom is -0.492 e. The van der Waals surface area contributed by atoms with Crippen molar-refractivity contribution in [3.8, 4) is 5.75 Å². The van der Waals surface area contributed by atoms with E-state index in [1.165, 1.54) is 0 Å². The summed E-state index contributed by atoms with van der Waals surface area (Å²) in [6, 6.07) is 8.00. The van der Waals surface area contributed by atoms with E-state index in [1.807, 2.05) is 23.1 Å². The minimum absolute atomic E-state index is 0.0397. The molecule has 114 valence electrons. The fraction of sp³-hybridized carbons (Fsp3) is 0.588. The van der Waals surface area contributed by atoms with Gasteiger partial charge in [-0.1, -0.05) is 25.1 Å². The van der Waals surface area contributed by atoms with Crippen LogP contribution in [0.1, 0.15) is 25.3 Å². The van der Waals surface area contributed by atoms with Crippen molar-refractivity contribution < 1.29 is 9.53 Å². The van der Waals surface area contributed by atoms with Crippen molar-refractivity contribution >= 4 is 5.91 Å². The van der Waals surface area contributed by atoms with Gasteiger partial charge in [-0.3, -0.25) is 4.79 Å². The van der Waals surface area contributed by atoms with E-state index >= 15 is 0 Å². The van der Waals surface area contributed by atoms with E-state index in [0.717, 1.165) is 43.7 Å². The van der Waals surface area contributed by atoms with E-state index in [9.17, 15) is 4.79 Å². The number of piperidine rings is 1. The highest BCUT2D eigenvalue weighted by Gasteiger charge is 2.34. The Morgan fingerprint density at radius 2 is 2.10 bits per heavy atom. The van der Waals surface area contributed by atoms with Crippen molar-refractivity contribution in [2.45, 2.75) is 26.2 Å². The highest BCUT2D eigenvalue weighted by Crippen LogP contribution is 2.32. The monoisotopic (exact) mass is 288 g/mol. The molecule has 4 nitrogen and oxygen atoms in total. The molecule has 0 spiro atoms. The fourth-order valence-corrected chi connectivity index (χ4v) is 3.22. The van der Waals surface area contributed by atoms with Crippen molar-refractivity contribution in [1.29, 1.82) is 0 Å². The van der Waals surface area contributed by atoms with Gasteiger partial charge in [0, 0.05) is 13.1 Å². The first-order valence-electron chi connectivity index (χ1n) is 7.81. The number of nitrogens with two attached hydrogens (primary N) is 1. The van der Waals surface area contributed by atoms with E-state index in [1.54, 1.807) is 0 Å². The molecule has 1 unspecified atom stereocenters. The summed E-state index contributed by atoms with van der Waals surface area (Å²) in [4.78, 5) is 14.7. The predicted octanol–water partition coefficient (Wildman–Crippen LogP) is 1.83. The van der Waals surface area contributed by atoms with Gasteiger partial charge in [0.25, 0.3) is 0 Å². The lowest BCUT2D eigenvalue weighted by atomic mass is 9.80. The Kier molecular flexibility index (Phi) is 3.89. The second-order valence-corrected chi connectivity index (χ2v) is 6.66. The highest BCUT2D eigenvalue weighted by molar-refractivity contribution is 5.80. The number of carbonyl (C=O) groups excluding carboxylic acids is 1. The van der Waals surface area contributed by atoms with Crippen LogP contribution in [0.4, 0.5) is 0 Å². The van der Waals surface area contributed by atoms with Gasteiger partial charge in [0.1, 0.15) is 12.4 Å². The standard InChI is InChI=1S/C17H24N2O2/c1-17(12-18)6-8-19(9-7-17)16(20)14-10-13-4-2-3-5-15(13)21-11-14/h2-5,14H,6-12,18H2,1H3. The molecule has 1 saturated heterocycles. The number of ether oxygens (including phenoxy) is 1. The molecule has 4 heteroatoms. The Morgan fingerprint density at radius 1 is 1.38 bits per heavy atom. The molecule has 0 aromatic heterocycles. The molecule has 0 radical (unpaired) electrons. The van der Waals surface area contributed by atoms with Gasteiger partial charge in [-0.25, -0.2) is 0 Å². The van der Waals surface area contributed by atoms with Crippen molar-refractivity contribution in [3.63, 3.8) is 0 Å². The van der Waals surface area contributed by atoms with Crippen molar-refractivity contribution in [2.24, 2.45) is 17.1 Å². The molecule has 0 saturated carbocycles. The summed E-state index contributed by atoms with van der Waals surface area (Å²) in [5.74, 6) is 1.13. The summed E-state index contributed by atoms with van der Waals surface area (Å²) in [5.41, 5.74) is 7.18. The van der Waals surface area contributed by atoms with Crippen LogP contribution in [-0.4, -0.2) is 37.0 Å². The third-order valence-corrected chi connectivity index (χ3v) is 5.00. The predicted molar refractivity (Wildman–Crippen MR) is 82.1 cm³/mol. The molecule has 2 heterocycles. The fourth-order valence-electron chi connectivity index (χ4n) is 3.22. The number of fused-ring (bicyclic) bond motifs is 1. The first-order valence-corrected chi connectivity index (χ1v) is 7.81. The molecule has 1 aromatic rings. The number of rotatable bonds is 2. The zero-order valence-electron chi connectivity index (χ0n) is 12.7. The van der Waals surface area contributed by atoms with Gasteiger partial charge in [-0.15, -0.1) is 0 Å². The van der Waals surface area contributed by atoms with Crippen LogP contribution in [0.15, 0.2) is 24.3 Å². The molecule has 2 aliphatic heterocycles. The number of hydrogen-bond acceptors (Lipinski definition) is 3. The van der Waals surface area contributed by atoms with Crippen LogP contribution >= 0.6 is 0 Å². The van der Waals surface area contributed by atoms with Crippen LogP contribution < -0.4 is 10.5 Å². The molecule has 2 N–H and O–H groups in total. The van der Waals surface area contributed by atoms with E-state index in [2.05, 4.69) is 13.0 Å². The van der Waals surface area contributed by atoms with Crippen molar-refractivity contribution in [1.82, 2.24) is 4.90 Å². The van der Waals surface area contributed by atoms with Crippen molar-refractivity contribution in [2.75, 3.05) is 26.2 Å². The van der Waals surface area contributed by atoms with Gasteiger partial charge >= 0.3 is 0 Å². The van der Waals surface area contributed by atoms with Crippen LogP contribution in [0, 0.1) is 11.3 Å². The molecular weight excluding hydrogens is 264 g/mol. The Labute approximate surface area is 126 Å². The zero-order chi connectivity index (χ0) is 14.9. The van der Waals surface area contributed by atoms with Crippen LogP contribution in [0.25, 0.3) is 0 Å². The maximum atomic E-state index is 12.7. The van der Waals surface area contributed by atoms with E-state index < -0.39 is 0 Å². The average Bonchev–Trinajstić information content (AvgIpc) is 2.54. The summed E-state index contributed by atoms with van der Waals surface area (Å²) >= 11 is 0. The SMILES string of the molecule is CC1(CN)CCN(C(=O)C2COc3ccccc3C2)CC1. The zero-order valence-corrected chi connectivity index (χ0v) is 12.7. The Hall–Kier alpha value is -1.55. The van der Waals surface area contributed by atoms with Gasteiger partial charge in [-0.05, 0) is 42.9 Å². The third-order valence-electron chi connectivity index (χ3n) is 5.00. The summed E-state index contributed by atoms with van der Waals surface area (Å²) in [6.45, 7) is 5.07. The summed E-state index contributed by atoms with van der Waals surface area (Å²) in [6.07, 6.45) is 2.79. The largest absolute Gasteiger partial charge is 0.492 e. The second kappa shape index (κ2) is 5.68. The van der Waals surface area contributed by atoms with Gasteiger partial charge in [0.15, 0.2) is 0 Å². The Bertz CT molecular complexity index is 521. The number of hydrogen-bond donors (Lipinski definition) is 1. The molecule has 1 amide bonds. The summed E-state index contributed by atoms with van der Waals surface area (Å²) in [5, 5.41) is 0. The number of nitrogens with zero attached hydrogens (tertiary/aromatic N) is 1. The number of carbonyl (C=O) groups is 1. The quantitative estimate of drug-likeness (QED) is 0.903. The van der Waals surface area contributed by atoms with E-state index in [0.29, 0.717) is 13.2 Å². The molecule has 2 aliphatic rings. The highest BCUT2D eigenvalue weighted by atomic mass is 16.5. The normalized spacial score (nSPS) is 24.1. The van der Waals surface area contributed by atoms with Gasteiger partial charge in [-0.2, -0.15) is 0 Å². The maximum Gasteiger partial charge on any atom is 0.229 e. The molecule has 0 aliphatic carbocycles.